The van der Waals surface area contributed by atoms with Gasteiger partial charge >= 0.3 is 35.3 Å². The third-order valence-corrected chi connectivity index (χ3v) is 3.50. The van der Waals surface area contributed by atoms with Crippen molar-refractivity contribution in [3.63, 3.8) is 0 Å². The summed E-state index contributed by atoms with van der Waals surface area (Å²) in [7, 11) is -4.30. The SMILES string of the molecule is Cc1ccc(OC(=O)NS(=O)(=O)Oc2ccc(C)cc2)cc1.[H-].[Li+]. The van der Waals surface area contributed by atoms with Crippen LogP contribution in [0.4, 0.5) is 4.79 Å². The van der Waals surface area contributed by atoms with Crippen LogP contribution in [0.1, 0.15) is 12.6 Å². The molecule has 0 bridgehead atoms. The summed E-state index contributed by atoms with van der Waals surface area (Å²) < 4.78 is 34.7. The predicted molar refractivity (Wildman–Crippen MR) is 82.2 cm³/mol. The van der Waals surface area contributed by atoms with Crippen LogP contribution >= 0.6 is 0 Å². The minimum atomic E-state index is -4.30. The fourth-order valence-electron chi connectivity index (χ4n) is 1.58. The van der Waals surface area contributed by atoms with Gasteiger partial charge in [0, 0.05) is 0 Å². The van der Waals surface area contributed by atoms with Crippen molar-refractivity contribution in [2.24, 2.45) is 0 Å². The van der Waals surface area contributed by atoms with Gasteiger partial charge in [0.05, 0.1) is 0 Å². The Morgan fingerprint density at radius 1 is 0.913 bits per heavy atom. The molecule has 118 valence electrons. The van der Waals surface area contributed by atoms with Gasteiger partial charge in [-0.15, -0.1) is 0 Å². The first kappa shape index (κ1) is 19.1. The molecule has 0 aliphatic rings. The molecule has 0 aliphatic heterocycles. The molecule has 0 atom stereocenters. The molecule has 8 heteroatoms. The molecular formula is C15H16LiNO5S. The maximum absolute atomic E-state index is 11.7. The van der Waals surface area contributed by atoms with Gasteiger partial charge in [0.15, 0.2) is 0 Å². The average Bonchev–Trinajstić information content (AvgIpc) is 2.43. The monoisotopic (exact) mass is 329 g/mol. The molecule has 1 N–H and O–H groups in total. The number of ether oxygens (including phenoxy) is 1. The summed E-state index contributed by atoms with van der Waals surface area (Å²) in [6.07, 6.45) is -1.14. The standard InChI is InChI=1S/C15H15NO5S.Li.H/c1-11-3-7-13(8-4-11)20-15(17)16-22(18,19)21-14-9-5-12(2)6-10-14;;/h3-10H,1-2H3,(H,16,17);;/q;+1;-1. The van der Waals surface area contributed by atoms with E-state index in [9.17, 15) is 13.2 Å². The molecule has 0 fully saturated rings. The third kappa shape index (κ3) is 6.36. The summed E-state index contributed by atoms with van der Waals surface area (Å²) in [5, 5.41) is 0. The first-order valence-corrected chi connectivity index (χ1v) is 7.82. The topological polar surface area (TPSA) is 81.7 Å². The van der Waals surface area contributed by atoms with Gasteiger partial charge in [-0.3, -0.25) is 0 Å². The van der Waals surface area contributed by atoms with Crippen molar-refractivity contribution < 1.29 is 42.4 Å². The normalized spacial score (nSPS) is 10.3. The second-order valence-electron chi connectivity index (χ2n) is 4.66. The molecule has 2 aromatic carbocycles. The first-order chi connectivity index (χ1) is 10.3. The zero-order valence-electron chi connectivity index (χ0n) is 14.1. The van der Waals surface area contributed by atoms with Crippen LogP contribution in [-0.4, -0.2) is 14.5 Å². The zero-order valence-corrected chi connectivity index (χ0v) is 13.9. The Bertz CT molecular complexity index is 763. The summed E-state index contributed by atoms with van der Waals surface area (Å²) >= 11 is 0. The number of benzene rings is 2. The Morgan fingerprint density at radius 2 is 1.35 bits per heavy atom. The van der Waals surface area contributed by atoms with Gasteiger partial charge < -0.3 is 10.3 Å². The largest absolute Gasteiger partial charge is 1.00 e. The summed E-state index contributed by atoms with van der Waals surface area (Å²) in [5.74, 6) is 0.329. The molecule has 0 aromatic heterocycles. The quantitative estimate of drug-likeness (QED) is 0.788. The zero-order chi connectivity index (χ0) is 16.2. The van der Waals surface area contributed by atoms with Gasteiger partial charge in [0.25, 0.3) is 0 Å². The molecule has 0 saturated carbocycles. The summed E-state index contributed by atoms with van der Waals surface area (Å²) in [6, 6.07) is 12.9. The van der Waals surface area contributed by atoms with Crippen LogP contribution < -0.4 is 32.5 Å². The Labute approximate surface area is 148 Å². The van der Waals surface area contributed by atoms with Crippen LogP contribution in [0.25, 0.3) is 0 Å². The van der Waals surface area contributed by atoms with Crippen LogP contribution in [-0.2, 0) is 10.3 Å². The fraction of sp³-hybridized carbons (Fsp3) is 0.133. The van der Waals surface area contributed by atoms with Crippen molar-refractivity contribution in [1.29, 1.82) is 0 Å². The van der Waals surface area contributed by atoms with E-state index < -0.39 is 16.4 Å². The predicted octanol–water partition coefficient (Wildman–Crippen LogP) is -0.168. The molecule has 0 unspecified atom stereocenters. The summed E-state index contributed by atoms with van der Waals surface area (Å²) in [4.78, 5) is 11.6. The van der Waals surface area contributed by atoms with Crippen molar-refractivity contribution >= 4 is 16.4 Å². The molecule has 0 saturated heterocycles. The summed E-state index contributed by atoms with van der Waals surface area (Å²) in [5.41, 5.74) is 1.94. The number of carbonyl (C=O) groups excluding carboxylic acids is 1. The van der Waals surface area contributed by atoms with Gasteiger partial charge in [0.2, 0.25) is 0 Å². The van der Waals surface area contributed by atoms with Crippen LogP contribution in [0, 0.1) is 13.8 Å². The number of hydrogen-bond donors (Lipinski definition) is 1. The molecule has 0 spiro atoms. The van der Waals surface area contributed by atoms with Crippen LogP contribution in [0.3, 0.4) is 0 Å². The van der Waals surface area contributed by atoms with E-state index in [1.165, 1.54) is 12.1 Å². The molecule has 1 amide bonds. The molecule has 23 heavy (non-hydrogen) atoms. The van der Waals surface area contributed by atoms with Gasteiger partial charge in [-0.1, -0.05) is 35.4 Å². The van der Waals surface area contributed by atoms with Crippen molar-refractivity contribution in [3.8, 4) is 11.5 Å². The van der Waals surface area contributed by atoms with Crippen molar-refractivity contribution in [2.45, 2.75) is 13.8 Å². The second kappa shape index (κ2) is 8.06. The Kier molecular flexibility index (Phi) is 6.70. The van der Waals surface area contributed by atoms with E-state index in [4.69, 9.17) is 8.92 Å². The second-order valence-corrected chi connectivity index (χ2v) is 5.93. The number of carbonyl (C=O) groups is 1. The van der Waals surface area contributed by atoms with Crippen molar-refractivity contribution in [3.05, 3.63) is 59.7 Å². The molecular weight excluding hydrogens is 313 g/mol. The molecule has 2 aromatic rings. The van der Waals surface area contributed by atoms with Gasteiger partial charge in [0.1, 0.15) is 11.5 Å². The number of amides is 1. The van der Waals surface area contributed by atoms with Gasteiger partial charge in [-0.2, -0.15) is 13.1 Å². The van der Waals surface area contributed by atoms with Crippen LogP contribution in [0.5, 0.6) is 11.5 Å². The maximum Gasteiger partial charge on any atom is 1.00 e. The molecule has 0 radical (unpaired) electrons. The van der Waals surface area contributed by atoms with E-state index in [1.807, 2.05) is 13.8 Å². The smallest absolute Gasteiger partial charge is 1.00 e. The number of hydrogen-bond acceptors (Lipinski definition) is 5. The maximum atomic E-state index is 11.7. The molecule has 0 aliphatic carbocycles. The van der Waals surface area contributed by atoms with E-state index >= 15 is 0 Å². The van der Waals surface area contributed by atoms with E-state index in [1.54, 1.807) is 41.1 Å². The van der Waals surface area contributed by atoms with Gasteiger partial charge in [-0.05, 0) is 38.1 Å². The van der Waals surface area contributed by atoms with E-state index in [0.717, 1.165) is 11.1 Å². The first-order valence-electron chi connectivity index (χ1n) is 6.41. The average molecular weight is 329 g/mol. The van der Waals surface area contributed by atoms with E-state index in [2.05, 4.69) is 0 Å². The fourth-order valence-corrected chi connectivity index (χ4v) is 2.23. The van der Waals surface area contributed by atoms with E-state index in [0.29, 0.717) is 0 Å². The Morgan fingerprint density at radius 3 is 1.83 bits per heavy atom. The number of rotatable bonds is 4. The van der Waals surface area contributed by atoms with E-state index in [-0.39, 0.29) is 31.8 Å². The van der Waals surface area contributed by atoms with Crippen molar-refractivity contribution in [1.82, 2.24) is 4.72 Å². The molecule has 6 nitrogen and oxygen atoms in total. The van der Waals surface area contributed by atoms with Crippen LogP contribution in [0.15, 0.2) is 48.5 Å². The Hall–Kier alpha value is -1.94. The summed E-state index contributed by atoms with van der Waals surface area (Å²) in [6.45, 7) is 3.74. The number of nitrogens with one attached hydrogen (secondary N) is 1. The Balaban J connectivity index is 0.00000264. The molecule has 2 rings (SSSR count). The van der Waals surface area contributed by atoms with Crippen LogP contribution in [0.2, 0.25) is 0 Å². The van der Waals surface area contributed by atoms with Crippen molar-refractivity contribution in [2.75, 3.05) is 0 Å². The third-order valence-electron chi connectivity index (χ3n) is 2.67. The minimum absolute atomic E-state index is 0. The number of aryl methyl sites for hydroxylation is 2. The van der Waals surface area contributed by atoms with Gasteiger partial charge in [-0.25, -0.2) is 4.79 Å². The minimum Gasteiger partial charge on any atom is -1.00 e. The molecule has 0 heterocycles.